The highest BCUT2D eigenvalue weighted by atomic mass is 16.3. The van der Waals surface area contributed by atoms with Gasteiger partial charge in [0.2, 0.25) is 5.91 Å². The largest absolute Gasteiger partial charge is 0.389 e. The third kappa shape index (κ3) is 14.3. The van der Waals surface area contributed by atoms with Crippen molar-refractivity contribution in [3.05, 3.63) is 48.6 Å². The maximum Gasteiger partial charge on any atom is 0.243 e. The Morgan fingerprint density at radius 2 is 1.74 bits per heavy atom. The topological polar surface area (TPSA) is 49.3 Å². The molecule has 3 nitrogen and oxygen atoms in total. The van der Waals surface area contributed by atoms with E-state index in [-0.39, 0.29) is 12.5 Å². The number of aliphatic hydroxyl groups is 1. The number of amides is 1. The average molecular weight is 263 g/mol. The zero-order valence-corrected chi connectivity index (χ0v) is 12.1. The van der Waals surface area contributed by atoms with Gasteiger partial charge in [-0.2, -0.15) is 0 Å². The fourth-order valence-corrected chi connectivity index (χ4v) is 1.16. The molecule has 0 aliphatic heterocycles. The smallest absolute Gasteiger partial charge is 0.243 e. The molecule has 0 radical (unpaired) electrons. The van der Waals surface area contributed by atoms with Crippen molar-refractivity contribution >= 4 is 5.91 Å². The summed E-state index contributed by atoms with van der Waals surface area (Å²) >= 11 is 0. The molecule has 1 amide bonds. The Morgan fingerprint density at radius 1 is 1.11 bits per heavy atom. The highest BCUT2D eigenvalue weighted by molar-refractivity contribution is 5.87. The standard InChI is InChI=1S/C16H25NO2/c1-4-5-6-7-8-9-10-11-12-13-15(18)17-14-16(2,3)19/h4-9,12-13,19H,10-11,14H2,1-3H3,(H,17,18)/b5-4-,7-6+,9-8-,13-12+. The molecule has 0 rings (SSSR count). The van der Waals surface area contributed by atoms with Crippen molar-refractivity contribution in [1.29, 1.82) is 0 Å². The van der Waals surface area contributed by atoms with Crippen LogP contribution in [-0.2, 0) is 4.79 Å². The van der Waals surface area contributed by atoms with Crippen LogP contribution in [0.5, 0.6) is 0 Å². The summed E-state index contributed by atoms with van der Waals surface area (Å²) in [6, 6.07) is 0. The van der Waals surface area contributed by atoms with Crippen molar-refractivity contribution in [2.75, 3.05) is 6.54 Å². The monoisotopic (exact) mass is 263 g/mol. The fourth-order valence-electron chi connectivity index (χ4n) is 1.16. The van der Waals surface area contributed by atoms with E-state index in [9.17, 15) is 9.90 Å². The van der Waals surface area contributed by atoms with Gasteiger partial charge < -0.3 is 10.4 Å². The zero-order chi connectivity index (χ0) is 14.6. The molecule has 2 N–H and O–H groups in total. The maximum atomic E-state index is 11.4. The molecule has 0 fully saturated rings. The summed E-state index contributed by atoms with van der Waals surface area (Å²) in [6.45, 7) is 5.54. The Labute approximate surface area is 116 Å². The first-order valence-electron chi connectivity index (χ1n) is 6.57. The molecular formula is C16H25NO2. The SMILES string of the molecule is C\C=C/C=C/C=C\CC/C=C/C(=O)NCC(C)(C)O. The van der Waals surface area contributed by atoms with Crippen LogP contribution in [0, 0.1) is 0 Å². The molecule has 3 heteroatoms. The lowest BCUT2D eigenvalue weighted by Gasteiger charge is -2.16. The van der Waals surface area contributed by atoms with E-state index in [2.05, 4.69) is 11.4 Å². The zero-order valence-electron chi connectivity index (χ0n) is 12.1. The first-order valence-corrected chi connectivity index (χ1v) is 6.57. The Kier molecular flexibility index (Phi) is 9.45. The minimum Gasteiger partial charge on any atom is -0.389 e. The summed E-state index contributed by atoms with van der Waals surface area (Å²) in [5.74, 6) is -0.168. The van der Waals surface area contributed by atoms with Gasteiger partial charge in [-0.1, -0.05) is 42.5 Å². The van der Waals surface area contributed by atoms with Crippen LogP contribution in [0.25, 0.3) is 0 Å². The van der Waals surface area contributed by atoms with Crippen LogP contribution in [0.15, 0.2) is 48.6 Å². The number of nitrogens with one attached hydrogen (secondary N) is 1. The Hall–Kier alpha value is -1.61. The van der Waals surface area contributed by atoms with Crippen molar-refractivity contribution < 1.29 is 9.90 Å². The van der Waals surface area contributed by atoms with Crippen molar-refractivity contribution in [2.24, 2.45) is 0 Å². The van der Waals surface area contributed by atoms with Gasteiger partial charge >= 0.3 is 0 Å². The van der Waals surface area contributed by atoms with Crippen LogP contribution in [0.2, 0.25) is 0 Å². The van der Waals surface area contributed by atoms with Gasteiger partial charge in [-0.15, -0.1) is 0 Å². The van der Waals surface area contributed by atoms with Crippen molar-refractivity contribution in [3.8, 4) is 0 Å². The van der Waals surface area contributed by atoms with Gasteiger partial charge in [-0.3, -0.25) is 4.79 Å². The molecule has 0 unspecified atom stereocenters. The van der Waals surface area contributed by atoms with E-state index >= 15 is 0 Å². The Morgan fingerprint density at radius 3 is 2.37 bits per heavy atom. The number of rotatable bonds is 8. The van der Waals surface area contributed by atoms with E-state index in [1.165, 1.54) is 6.08 Å². The number of allylic oxidation sites excluding steroid dienone is 7. The van der Waals surface area contributed by atoms with Gasteiger partial charge in [0.15, 0.2) is 0 Å². The van der Waals surface area contributed by atoms with E-state index in [4.69, 9.17) is 0 Å². The Bertz CT molecular complexity index is 357. The van der Waals surface area contributed by atoms with Crippen LogP contribution >= 0.6 is 0 Å². The second kappa shape index (κ2) is 10.3. The normalized spacial score (nSPS) is 13.3. The molecule has 0 aliphatic rings. The number of carbonyl (C=O) groups is 1. The molecule has 0 aliphatic carbocycles. The molecule has 0 aromatic rings. The molecule has 0 aromatic heterocycles. The van der Waals surface area contributed by atoms with E-state index in [0.29, 0.717) is 0 Å². The minimum absolute atomic E-state index is 0.168. The highest BCUT2D eigenvalue weighted by Gasteiger charge is 2.12. The summed E-state index contributed by atoms with van der Waals surface area (Å²) in [4.78, 5) is 11.4. The van der Waals surface area contributed by atoms with Crippen molar-refractivity contribution in [2.45, 2.75) is 39.2 Å². The number of carbonyl (C=O) groups excluding carboxylic acids is 1. The molecule has 0 spiro atoms. The summed E-state index contributed by atoms with van der Waals surface area (Å²) in [6.07, 6.45) is 17.0. The predicted octanol–water partition coefficient (Wildman–Crippen LogP) is 2.90. The molecule has 0 heterocycles. The van der Waals surface area contributed by atoms with E-state index in [0.717, 1.165) is 12.8 Å². The molecule has 19 heavy (non-hydrogen) atoms. The molecule has 106 valence electrons. The molecule has 0 saturated heterocycles. The third-order valence-electron chi connectivity index (χ3n) is 2.13. The summed E-state index contributed by atoms with van der Waals surface area (Å²) in [5, 5.41) is 12.1. The second-order valence-electron chi connectivity index (χ2n) is 4.85. The molecular weight excluding hydrogens is 238 g/mol. The minimum atomic E-state index is -0.870. The summed E-state index contributed by atoms with van der Waals surface area (Å²) < 4.78 is 0. The highest BCUT2D eigenvalue weighted by Crippen LogP contribution is 1.97. The Balaban J connectivity index is 3.71. The quantitative estimate of drug-likeness (QED) is 0.402. The van der Waals surface area contributed by atoms with Crippen LogP contribution in [-0.4, -0.2) is 23.2 Å². The van der Waals surface area contributed by atoms with Gasteiger partial charge in [0.1, 0.15) is 0 Å². The number of unbranched alkanes of at least 4 members (excludes halogenated alkanes) is 1. The first-order chi connectivity index (χ1) is 8.95. The first kappa shape index (κ1) is 17.4. The molecule has 0 bridgehead atoms. The maximum absolute atomic E-state index is 11.4. The van der Waals surface area contributed by atoms with Gasteiger partial charge in [0.25, 0.3) is 0 Å². The van der Waals surface area contributed by atoms with E-state index in [1.54, 1.807) is 13.8 Å². The third-order valence-corrected chi connectivity index (χ3v) is 2.13. The average Bonchev–Trinajstić information content (AvgIpc) is 2.33. The predicted molar refractivity (Wildman–Crippen MR) is 80.8 cm³/mol. The van der Waals surface area contributed by atoms with Crippen LogP contribution < -0.4 is 5.32 Å². The summed E-state index contributed by atoms with van der Waals surface area (Å²) in [7, 11) is 0. The van der Waals surface area contributed by atoms with E-state index < -0.39 is 5.60 Å². The lowest BCUT2D eigenvalue weighted by Crippen LogP contribution is -2.37. The van der Waals surface area contributed by atoms with Gasteiger partial charge in [0.05, 0.1) is 5.60 Å². The van der Waals surface area contributed by atoms with Gasteiger partial charge in [-0.05, 0) is 39.7 Å². The second-order valence-corrected chi connectivity index (χ2v) is 4.85. The van der Waals surface area contributed by atoms with Gasteiger partial charge in [0, 0.05) is 6.54 Å². The van der Waals surface area contributed by atoms with Crippen LogP contribution in [0.1, 0.15) is 33.6 Å². The number of hydrogen-bond acceptors (Lipinski definition) is 2. The molecule has 0 saturated carbocycles. The lowest BCUT2D eigenvalue weighted by atomic mass is 10.1. The molecule has 0 aromatic carbocycles. The van der Waals surface area contributed by atoms with Crippen molar-refractivity contribution in [1.82, 2.24) is 5.32 Å². The summed E-state index contributed by atoms with van der Waals surface area (Å²) in [5.41, 5.74) is -0.870. The molecule has 0 atom stereocenters. The van der Waals surface area contributed by atoms with Crippen LogP contribution in [0.3, 0.4) is 0 Å². The fraction of sp³-hybridized carbons (Fsp3) is 0.438. The lowest BCUT2D eigenvalue weighted by molar-refractivity contribution is -0.117. The van der Waals surface area contributed by atoms with Gasteiger partial charge in [-0.25, -0.2) is 0 Å². The van der Waals surface area contributed by atoms with Crippen molar-refractivity contribution in [3.63, 3.8) is 0 Å². The van der Waals surface area contributed by atoms with E-state index in [1.807, 2.05) is 43.4 Å². The number of hydrogen-bond donors (Lipinski definition) is 2. The van der Waals surface area contributed by atoms with Crippen LogP contribution in [0.4, 0.5) is 0 Å².